The number of rotatable bonds is 8. The lowest BCUT2D eigenvalue weighted by atomic mass is 9.95. The summed E-state index contributed by atoms with van der Waals surface area (Å²) in [7, 11) is 1.37. The van der Waals surface area contributed by atoms with Gasteiger partial charge in [-0.2, -0.15) is 0 Å². The Bertz CT molecular complexity index is 1080. The summed E-state index contributed by atoms with van der Waals surface area (Å²) >= 11 is 12.3. The molecule has 2 aromatic carbocycles. The first kappa shape index (κ1) is 25.0. The van der Waals surface area contributed by atoms with E-state index in [1.54, 1.807) is 0 Å². The van der Waals surface area contributed by atoms with Crippen LogP contribution in [0.15, 0.2) is 42.0 Å². The molecule has 1 atom stereocenters. The molecule has 2 aromatic rings. The van der Waals surface area contributed by atoms with E-state index in [1.165, 1.54) is 48.4 Å². The predicted octanol–water partition coefficient (Wildman–Crippen LogP) is 4.90. The molecule has 0 aliphatic carbocycles. The van der Waals surface area contributed by atoms with Crippen LogP contribution in [0.4, 0.5) is 4.39 Å². The van der Waals surface area contributed by atoms with E-state index in [1.807, 2.05) is 13.8 Å². The fraction of sp³-hybridized carbons (Fsp3) is 0.333. The summed E-state index contributed by atoms with van der Waals surface area (Å²) in [6, 6.07) is 7.42. The molecule has 176 valence electrons. The lowest BCUT2D eigenvalue weighted by Gasteiger charge is -2.28. The van der Waals surface area contributed by atoms with Gasteiger partial charge < -0.3 is 19.6 Å². The molecule has 1 saturated heterocycles. The second kappa shape index (κ2) is 10.5. The molecule has 1 aliphatic rings. The summed E-state index contributed by atoms with van der Waals surface area (Å²) in [5.41, 5.74) is 0.440. The molecule has 0 aromatic heterocycles. The first-order valence-electron chi connectivity index (χ1n) is 10.5. The van der Waals surface area contributed by atoms with E-state index < -0.39 is 29.3 Å². The zero-order valence-electron chi connectivity index (χ0n) is 18.6. The number of likely N-dealkylation sites (N-methyl/N-ethyl adjacent to an activating group) is 1. The largest absolute Gasteiger partial charge is 0.507 e. The fourth-order valence-electron chi connectivity index (χ4n) is 3.98. The van der Waals surface area contributed by atoms with E-state index in [4.69, 9.17) is 27.9 Å². The maximum absolute atomic E-state index is 13.6. The molecule has 0 radical (unpaired) electrons. The van der Waals surface area contributed by atoms with E-state index in [2.05, 4.69) is 4.90 Å². The van der Waals surface area contributed by atoms with Crippen LogP contribution in [0.5, 0.6) is 5.75 Å². The third kappa shape index (κ3) is 5.00. The number of methoxy groups -OCH3 is 1. The average Bonchev–Trinajstić information content (AvgIpc) is 3.04. The van der Waals surface area contributed by atoms with Crippen LogP contribution in [0.2, 0.25) is 10.0 Å². The van der Waals surface area contributed by atoms with Crippen molar-refractivity contribution in [1.29, 1.82) is 0 Å². The topological polar surface area (TPSA) is 70.1 Å². The highest BCUT2D eigenvalue weighted by molar-refractivity contribution is 6.46. The van der Waals surface area contributed by atoms with Gasteiger partial charge in [0.05, 0.1) is 29.3 Å². The van der Waals surface area contributed by atoms with Crippen molar-refractivity contribution in [3.63, 3.8) is 0 Å². The van der Waals surface area contributed by atoms with Crippen LogP contribution in [-0.2, 0) is 9.59 Å². The lowest BCUT2D eigenvalue weighted by Crippen LogP contribution is -2.38. The van der Waals surface area contributed by atoms with Crippen molar-refractivity contribution >= 4 is 40.7 Å². The minimum atomic E-state index is -0.913. The van der Waals surface area contributed by atoms with Gasteiger partial charge in [-0.25, -0.2) is 4.39 Å². The molecule has 6 nitrogen and oxygen atoms in total. The molecule has 1 fully saturated rings. The van der Waals surface area contributed by atoms with Crippen molar-refractivity contribution in [2.75, 3.05) is 33.3 Å². The Morgan fingerprint density at radius 1 is 1.15 bits per heavy atom. The standard InChI is InChI=1S/C24H25Cl2FN2O4/c1-4-28(5-2)10-11-29-20(14-6-8-16(27)9-7-14)19(22(31)24(29)32)21(30)17-12-15(25)13-18(26)23(17)33-3/h6-9,12-13,20,30H,4-5,10-11H2,1-3H3/b21-19+. The van der Waals surface area contributed by atoms with E-state index in [-0.39, 0.29) is 33.5 Å². The summed E-state index contributed by atoms with van der Waals surface area (Å²) in [6.07, 6.45) is 0. The number of ether oxygens (including phenoxy) is 1. The Labute approximate surface area is 202 Å². The molecule has 1 heterocycles. The summed E-state index contributed by atoms with van der Waals surface area (Å²) < 4.78 is 18.9. The van der Waals surface area contributed by atoms with Crippen molar-refractivity contribution in [2.24, 2.45) is 0 Å². The zero-order valence-corrected chi connectivity index (χ0v) is 20.1. The smallest absolute Gasteiger partial charge is 0.295 e. The van der Waals surface area contributed by atoms with E-state index in [0.717, 1.165) is 13.1 Å². The fourth-order valence-corrected chi connectivity index (χ4v) is 4.55. The Morgan fingerprint density at radius 2 is 1.79 bits per heavy atom. The maximum Gasteiger partial charge on any atom is 0.295 e. The first-order valence-corrected chi connectivity index (χ1v) is 11.3. The highest BCUT2D eigenvalue weighted by atomic mass is 35.5. The summed E-state index contributed by atoms with van der Waals surface area (Å²) in [4.78, 5) is 29.7. The van der Waals surface area contributed by atoms with Crippen LogP contribution >= 0.6 is 23.2 Å². The van der Waals surface area contributed by atoms with Gasteiger partial charge in [0.15, 0.2) is 0 Å². The number of aliphatic hydroxyl groups excluding tert-OH is 1. The average molecular weight is 495 g/mol. The second-order valence-electron chi connectivity index (χ2n) is 7.54. The minimum Gasteiger partial charge on any atom is -0.507 e. The summed E-state index contributed by atoms with van der Waals surface area (Å²) in [6.45, 7) is 6.34. The number of Topliss-reactive ketones (excluding diaryl/α,β-unsaturated/α-hetero) is 1. The van der Waals surface area contributed by atoms with E-state index in [9.17, 15) is 19.1 Å². The van der Waals surface area contributed by atoms with Crippen molar-refractivity contribution in [3.8, 4) is 5.75 Å². The predicted molar refractivity (Wildman–Crippen MR) is 126 cm³/mol. The van der Waals surface area contributed by atoms with Crippen molar-refractivity contribution in [3.05, 3.63) is 69.0 Å². The van der Waals surface area contributed by atoms with Crippen LogP contribution in [0, 0.1) is 5.82 Å². The highest BCUT2D eigenvalue weighted by Gasteiger charge is 2.46. The van der Waals surface area contributed by atoms with Gasteiger partial charge in [0, 0.05) is 18.1 Å². The van der Waals surface area contributed by atoms with Crippen molar-refractivity contribution < 1.29 is 23.8 Å². The van der Waals surface area contributed by atoms with Crippen molar-refractivity contribution in [2.45, 2.75) is 19.9 Å². The van der Waals surface area contributed by atoms with Gasteiger partial charge in [0.2, 0.25) is 0 Å². The Hall–Kier alpha value is -2.61. The zero-order chi connectivity index (χ0) is 24.3. The quantitative estimate of drug-likeness (QED) is 0.321. The number of likely N-dealkylation sites (tertiary alicyclic amines) is 1. The van der Waals surface area contributed by atoms with Gasteiger partial charge in [0.25, 0.3) is 11.7 Å². The second-order valence-corrected chi connectivity index (χ2v) is 8.38. The molecule has 0 spiro atoms. The number of carbonyl (C=O) groups excluding carboxylic acids is 2. The molecule has 0 bridgehead atoms. The van der Waals surface area contributed by atoms with Gasteiger partial charge in [-0.3, -0.25) is 9.59 Å². The van der Waals surface area contributed by atoms with Crippen LogP contribution in [0.25, 0.3) is 5.76 Å². The molecule has 0 saturated carbocycles. The third-order valence-electron chi connectivity index (χ3n) is 5.74. The van der Waals surface area contributed by atoms with Crippen molar-refractivity contribution in [1.82, 2.24) is 9.80 Å². The normalized spacial score (nSPS) is 17.8. The molecular weight excluding hydrogens is 470 g/mol. The molecule has 9 heteroatoms. The minimum absolute atomic E-state index is 0.0869. The van der Waals surface area contributed by atoms with Crippen LogP contribution in [0.3, 0.4) is 0 Å². The van der Waals surface area contributed by atoms with Crippen LogP contribution < -0.4 is 4.74 Å². The number of halogens is 3. The molecule has 1 N–H and O–H groups in total. The molecule has 1 aliphatic heterocycles. The van der Waals surface area contributed by atoms with Gasteiger partial charge in [-0.05, 0) is 42.9 Å². The number of carbonyl (C=O) groups is 2. The number of ketones is 1. The number of amides is 1. The number of hydrogen-bond donors (Lipinski definition) is 1. The highest BCUT2D eigenvalue weighted by Crippen LogP contribution is 2.43. The summed E-state index contributed by atoms with van der Waals surface area (Å²) in [5, 5.41) is 11.6. The number of nitrogens with zero attached hydrogens (tertiary/aromatic N) is 2. The van der Waals surface area contributed by atoms with Gasteiger partial charge in [-0.15, -0.1) is 0 Å². The molecule has 3 rings (SSSR count). The third-order valence-corrected chi connectivity index (χ3v) is 6.24. The maximum atomic E-state index is 13.6. The monoisotopic (exact) mass is 494 g/mol. The van der Waals surface area contributed by atoms with E-state index >= 15 is 0 Å². The number of aliphatic hydroxyl groups is 1. The molecule has 1 amide bonds. The van der Waals surface area contributed by atoms with Gasteiger partial charge >= 0.3 is 0 Å². The number of hydrogen-bond acceptors (Lipinski definition) is 5. The van der Waals surface area contributed by atoms with Crippen LogP contribution in [-0.4, -0.2) is 59.9 Å². The first-order chi connectivity index (χ1) is 15.7. The van der Waals surface area contributed by atoms with Gasteiger partial charge in [0.1, 0.15) is 17.3 Å². The van der Waals surface area contributed by atoms with E-state index in [0.29, 0.717) is 12.1 Å². The Morgan fingerprint density at radius 3 is 2.36 bits per heavy atom. The molecule has 1 unspecified atom stereocenters. The molecular formula is C24H25Cl2FN2O4. The Kier molecular flexibility index (Phi) is 8.00. The van der Waals surface area contributed by atoms with Gasteiger partial charge in [-0.1, -0.05) is 49.2 Å². The van der Waals surface area contributed by atoms with Crippen LogP contribution in [0.1, 0.15) is 31.0 Å². The molecule has 33 heavy (non-hydrogen) atoms. The Balaban J connectivity index is 2.19. The lowest BCUT2D eigenvalue weighted by molar-refractivity contribution is -0.140. The SMILES string of the molecule is CCN(CC)CCN1C(=O)C(=O)/C(=C(/O)c2cc(Cl)cc(Cl)c2OC)C1c1ccc(F)cc1. The number of benzene rings is 2. The summed E-state index contributed by atoms with van der Waals surface area (Å²) in [5.74, 6) is -2.40.